The van der Waals surface area contributed by atoms with Crippen molar-refractivity contribution in [2.75, 3.05) is 4.90 Å². The molecule has 0 N–H and O–H groups in total. The Morgan fingerprint density at radius 1 is 0.778 bits per heavy atom. The second-order valence-electron chi connectivity index (χ2n) is 10.00. The molecule has 1 heterocycles. The third-order valence-electron chi connectivity index (χ3n) is 6.21. The summed E-state index contributed by atoms with van der Waals surface area (Å²) >= 11 is 0. The Hall–Kier alpha value is -2.16. The van der Waals surface area contributed by atoms with Crippen LogP contribution in [0.5, 0.6) is 0 Å². The molecule has 0 amide bonds. The fourth-order valence-electron chi connectivity index (χ4n) is 5.18. The lowest BCUT2D eigenvalue weighted by Crippen LogP contribution is -2.44. The number of benzene rings is 1. The molecule has 27 heavy (non-hydrogen) atoms. The Balaban J connectivity index is 1.97. The fraction of sp³-hybridized carbons (Fsp3) is 0.500. The lowest BCUT2D eigenvalue weighted by atomic mass is 9.65. The Morgan fingerprint density at radius 2 is 1.22 bits per heavy atom. The summed E-state index contributed by atoms with van der Waals surface area (Å²) in [5.74, 6) is 0.319. The number of allylic oxidation sites excluding steroid dienone is 4. The normalized spacial score (nSPS) is 24.9. The largest absolute Gasteiger partial charge is 0.317 e. The standard InChI is InChI=1S/C24H29NO2/c1-15-21-17(11-23(2,3)13-19(21)26)25(16-9-7-6-8-10-16)18-12-24(4,5)14-20(27)22(15)18/h6-10,15H,11-14H2,1-5H3. The zero-order chi connectivity index (χ0) is 19.6. The summed E-state index contributed by atoms with van der Waals surface area (Å²) < 4.78 is 0. The maximum atomic E-state index is 13.1. The van der Waals surface area contributed by atoms with Gasteiger partial charge in [-0.2, -0.15) is 0 Å². The van der Waals surface area contributed by atoms with Gasteiger partial charge in [-0.15, -0.1) is 0 Å². The van der Waals surface area contributed by atoms with Gasteiger partial charge in [0.25, 0.3) is 0 Å². The second kappa shape index (κ2) is 5.92. The Bertz CT molecular complexity index is 832. The number of rotatable bonds is 1. The highest BCUT2D eigenvalue weighted by Crippen LogP contribution is 2.52. The summed E-state index contributed by atoms with van der Waals surface area (Å²) in [6.45, 7) is 10.7. The first-order valence-electron chi connectivity index (χ1n) is 9.97. The summed E-state index contributed by atoms with van der Waals surface area (Å²) in [5.41, 5.74) is 4.89. The van der Waals surface area contributed by atoms with Gasteiger partial charge in [-0.05, 0) is 35.8 Å². The van der Waals surface area contributed by atoms with Crippen LogP contribution in [0.4, 0.5) is 5.69 Å². The zero-order valence-electron chi connectivity index (χ0n) is 17.1. The number of para-hydroxylation sites is 1. The first-order valence-corrected chi connectivity index (χ1v) is 9.97. The lowest BCUT2D eigenvalue weighted by Gasteiger charge is -2.48. The van der Waals surface area contributed by atoms with Crippen LogP contribution in [-0.4, -0.2) is 11.6 Å². The predicted molar refractivity (Wildman–Crippen MR) is 108 cm³/mol. The van der Waals surface area contributed by atoms with Crippen LogP contribution in [0.1, 0.15) is 60.3 Å². The molecule has 0 unspecified atom stereocenters. The summed E-state index contributed by atoms with van der Waals surface area (Å²) in [6, 6.07) is 10.2. The molecule has 1 aliphatic heterocycles. The topological polar surface area (TPSA) is 37.4 Å². The van der Waals surface area contributed by atoms with E-state index in [1.807, 2.05) is 18.2 Å². The lowest BCUT2D eigenvalue weighted by molar-refractivity contribution is -0.119. The number of ketones is 2. The van der Waals surface area contributed by atoms with Crippen molar-refractivity contribution in [3.63, 3.8) is 0 Å². The molecular weight excluding hydrogens is 334 g/mol. The van der Waals surface area contributed by atoms with Crippen molar-refractivity contribution < 1.29 is 9.59 Å². The van der Waals surface area contributed by atoms with Gasteiger partial charge < -0.3 is 4.90 Å². The van der Waals surface area contributed by atoms with Gasteiger partial charge in [0.1, 0.15) is 0 Å². The SMILES string of the molecule is CC1C2=C(CC(C)(C)CC2=O)N(c2ccccc2)C2=C1C(=O)CC(C)(C)C2. The van der Waals surface area contributed by atoms with E-state index in [0.29, 0.717) is 12.8 Å². The molecule has 1 aromatic rings. The van der Waals surface area contributed by atoms with Crippen LogP contribution in [0.3, 0.4) is 0 Å². The van der Waals surface area contributed by atoms with Crippen molar-refractivity contribution in [2.24, 2.45) is 16.7 Å². The molecule has 3 aliphatic rings. The van der Waals surface area contributed by atoms with Crippen molar-refractivity contribution >= 4 is 17.3 Å². The number of anilines is 1. The van der Waals surface area contributed by atoms with Gasteiger partial charge in [-0.25, -0.2) is 0 Å². The van der Waals surface area contributed by atoms with Crippen molar-refractivity contribution in [3.8, 4) is 0 Å². The maximum Gasteiger partial charge on any atom is 0.161 e. The predicted octanol–water partition coefficient (Wildman–Crippen LogP) is 5.43. The van der Waals surface area contributed by atoms with Gasteiger partial charge in [0.2, 0.25) is 0 Å². The van der Waals surface area contributed by atoms with Crippen molar-refractivity contribution in [1.29, 1.82) is 0 Å². The summed E-state index contributed by atoms with van der Waals surface area (Å²) in [5, 5.41) is 0. The highest BCUT2D eigenvalue weighted by Gasteiger charge is 2.47. The monoisotopic (exact) mass is 363 g/mol. The summed E-state index contributed by atoms with van der Waals surface area (Å²) in [7, 11) is 0. The van der Waals surface area contributed by atoms with E-state index in [2.05, 4.69) is 51.7 Å². The van der Waals surface area contributed by atoms with E-state index in [-0.39, 0.29) is 28.3 Å². The molecule has 3 heteroatoms. The first kappa shape index (κ1) is 18.2. The average Bonchev–Trinajstić information content (AvgIpc) is 2.52. The van der Waals surface area contributed by atoms with Gasteiger partial charge in [0.15, 0.2) is 11.6 Å². The van der Waals surface area contributed by atoms with E-state index >= 15 is 0 Å². The molecule has 0 bridgehead atoms. The smallest absolute Gasteiger partial charge is 0.161 e. The van der Waals surface area contributed by atoms with Crippen LogP contribution in [0.15, 0.2) is 52.9 Å². The minimum absolute atomic E-state index is 0.0606. The van der Waals surface area contributed by atoms with Crippen LogP contribution in [0.2, 0.25) is 0 Å². The molecule has 0 saturated heterocycles. The molecule has 0 saturated carbocycles. The Kier molecular flexibility index (Phi) is 3.99. The Labute approximate surface area is 162 Å². The molecule has 0 atom stereocenters. The van der Waals surface area contributed by atoms with E-state index in [1.54, 1.807) is 0 Å². The summed E-state index contributed by atoms with van der Waals surface area (Å²) in [6.07, 6.45) is 2.83. The minimum Gasteiger partial charge on any atom is -0.317 e. The molecular formula is C24H29NO2. The van der Waals surface area contributed by atoms with E-state index in [1.165, 1.54) is 0 Å². The molecule has 2 aliphatic carbocycles. The molecule has 0 aromatic heterocycles. The van der Waals surface area contributed by atoms with E-state index in [9.17, 15) is 9.59 Å². The highest BCUT2D eigenvalue weighted by molar-refractivity contribution is 6.06. The van der Waals surface area contributed by atoms with Crippen LogP contribution in [-0.2, 0) is 9.59 Å². The third-order valence-corrected chi connectivity index (χ3v) is 6.21. The quantitative estimate of drug-likeness (QED) is 0.668. The van der Waals surface area contributed by atoms with Crippen LogP contribution >= 0.6 is 0 Å². The van der Waals surface area contributed by atoms with Crippen LogP contribution in [0, 0.1) is 16.7 Å². The van der Waals surface area contributed by atoms with E-state index in [0.717, 1.165) is 41.1 Å². The van der Waals surface area contributed by atoms with Gasteiger partial charge in [0, 0.05) is 47.0 Å². The van der Waals surface area contributed by atoms with Crippen molar-refractivity contribution in [2.45, 2.75) is 60.3 Å². The minimum atomic E-state index is -0.0952. The number of carbonyl (C=O) groups excluding carboxylic acids is 2. The Morgan fingerprint density at radius 3 is 1.67 bits per heavy atom. The summed E-state index contributed by atoms with van der Waals surface area (Å²) in [4.78, 5) is 28.5. The van der Waals surface area contributed by atoms with Gasteiger partial charge in [-0.1, -0.05) is 52.8 Å². The number of nitrogens with zero attached hydrogens (tertiary/aromatic N) is 1. The molecule has 142 valence electrons. The molecule has 0 radical (unpaired) electrons. The van der Waals surface area contributed by atoms with Gasteiger partial charge >= 0.3 is 0 Å². The number of hydrogen-bond donors (Lipinski definition) is 0. The van der Waals surface area contributed by atoms with Gasteiger partial charge in [0.05, 0.1) is 0 Å². The highest BCUT2D eigenvalue weighted by atomic mass is 16.1. The molecule has 3 nitrogen and oxygen atoms in total. The molecule has 1 aromatic carbocycles. The maximum absolute atomic E-state index is 13.1. The van der Waals surface area contributed by atoms with Crippen molar-refractivity contribution in [3.05, 3.63) is 52.9 Å². The first-order chi connectivity index (χ1) is 12.6. The number of Topliss-reactive ketones (excluding diaryl/α,β-unsaturated/α-hetero) is 2. The molecule has 4 rings (SSSR count). The van der Waals surface area contributed by atoms with E-state index < -0.39 is 0 Å². The third kappa shape index (κ3) is 2.97. The second-order valence-corrected chi connectivity index (χ2v) is 10.00. The molecule has 0 spiro atoms. The van der Waals surface area contributed by atoms with Crippen LogP contribution < -0.4 is 4.90 Å². The number of carbonyl (C=O) groups is 2. The van der Waals surface area contributed by atoms with Gasteiger partial charge in [-0.3, -0.25) is 9.59 Å². The zero-order valence-corrected chi connectivity index (χ0v) is 17.1. The van der Waals surface area contributed by atoms with E-state index in [4.69, 9.17) is 0 Å². The van der Waals surface area contributed by atoms with Crippen molar-refractivity contribution in [1.82, 2.24) is 0 Å². The average molecular weight is 364 g/mol. The fourth-order valence-corrected chi connectivity index (χ4v) is 5.18. The van der Waals surface area contributed by atoms with Crippen LogP contribution in [0.25, 0.3) is 0 Å². The molecule has 0 fully saturated rings. The number of hydrogen-bond acceptors (Lipinski definition) is 3.